The van der Waals surface area contributed by atoms with E-state index in [0.717, 1.165) is 0 Å². The number of nitrogens with one attached hydrogen (secondary N) is 1. The normalized spacial score (nSPS) is 22.4. The number of rotatable bonds is 2. The van der Waals surface area contributed by atoms with Gasteiger partial charge >= 0.3 is 6.03 Å². The SMILES string of the molecule is CN1C(=O)NC[C@@H](c2ccccc2)[C@@H]1c1ccccc1. The molecule has 1 heterocycles. The fourth-order valence-corrected chi connectivity index (χ4v) is 2.94. The Balaban J connectivity index is 2.01. The highest BCUT2D eigenvalue weighted by atomic mass is 16.2. The molecule has 1 N–H and O–H groups in total. The van der Waals surface area contributed by atoms with Crippen molar-refractivity contribution in [2.75, 3.05) is 13.6 Å². The first-order chi connectivity index (χ1) is 9.77. The van der Waals surface area contributed by atoms with E-state index >= 15 is 0 Å². The van der Waals surface area contributed by atoms with Gasteiger partial charge in [-0.1, -0.05) is 60.7 Å². The third-order valence-corrected chi connectivity index (χ3v) is 3.96. The summed E-state index contributed by atoms with van der Waals surface area (Å²) < 4.78 is 0. The fraction of sp³-hybridized carbons (Fsp3) is 0.235. The second kappa shape index (κ2) is 5.37. The van der Waals surface area contributed by atoms with E-state index in [-0.39, 0.29) is 18.0 Å². The van der Waals surface area contributed by atoms with E-state index in [2.05, 4.69) is 29.6 Å². The van der Waals surface area contributed by atoms with Crippen molar-refractivity contribution in [2.24, 2.45) is 0 Å². The number of hydrogen-bond donors (Lipinski definition) is 1. The average molecular weight is 266 g/mol. The summed E-state index contributed by atoms with van der Waals surface area (Å²) in [7, 11) is 1.86. The van der Waals surface area contributed by atoms with E-state index in [1.165, 1.54) is 11.1 Å². The van der Waals surface area contributed by atoms with Crippen molar-refractivity contribution < 1.29 is 4.79 Å². The van der Waals surface area contributed by atoms with Crippen molar-refractivity contribution in [3.8, 4) is 0 Å². The molecule has 1 fully saturated rings. The van der Waals surface area contributed by atoms with Gasteiger partial charge in [-0.25, -0.2) is 4.79 Å². The first kappa shape index (κ1) is 12.7. The second-order valence-electron chi connectivity index (χ2n) is 5.17. The number of carbonyl (C=O) groups excluding carboxylic acids is 1. The Hall–Kier alpha value is -2.29. The Kier molecular flexibility index (Phi) is 3.42. The number of benzene rings is 2. The van der Waals surface area contributed by atoms with E-state index < -0.39 is 0 Å². The molecule has 2 amide bonds. The minimum absolute atomic E-state index is 0.00830. The van der Waals surface area contributed by atoms with Gasteiger partial charge in [-0.3, -0.25) is 0 Å². The van der Waals surface area contributed by atoms with E-state index in [9.17, 15) is 4.79 Å². The summed E-state index contributed by atoms with van der Waals surface area (Å²) in [6.45, 7) is 0.673. The Labute approximate surface area is 119 Å². The van der Waals surface area contributed by atoms with Gasteiger partial charge in [0.05, 0.1) is 6.04 Å². The predicted molar refractivity (Wildman–Crippen MR) is 79.5 cm³/mol. The first-order valence-corrected chi connectivity index (χ1v) is 6.88. The van der Waals surface area contributed by atoms with Crippen LogP contribution in [0.4, 0.5) is 4.79 Å². The molecule has 0 radical (unpaired) electrons. The molecule has 20 heavy (non-hydrogen) atoms. The highest BCUT2D eigenvalue weighted by Gasteiger charge is 2.35. The van der Waals surface area contributed by atoms with Crippen molar-refractivity contribution in [1.29, 1.82) is 0 Å². The summed E-state index contributed by atoms with van der Waals surface area (Å²) in [6.07, 6.45) is 0. The Morgan fingerprint density at radius 1 is 0.950 bits per heavy atom. The van der Waals surface area contributed by atoms with Gasteiger partial charge in [0.2, 0.25) is 0 Å². The van der Waals surface area contributed by atoms with Crippen LogP contribution in [-0.4, -0.2) is 24.5 Å². The maximum absolute atomic E-state index is 12.0. The largest absolute Gasteiger partial charge is 0.337 e. The molecule has 2 aromatic carbocycles. The highest BCUT2D eigenvalue weighted by Crippen LogP contribution is 2.36. The zero-order chi connectivity index (χ0) is 13.9. The Bertz CT molecular complexity index is 582. The number of likely N-dealkylation sites (N-methyl/N-ethyl adjacent to an activating group) is 1. The molecule has 0 aliphatic carbocycles. The van der Waals surface area contributed by atoms with Crippen molar-refractivity contribution in [1.82, 2.24) is 10.2 Å². The molecule has 3 heteroatoms. The molecule has 0 saturated carbocycles. The van der Waals surface area contributed by atoms with Gasteiger partial charge in [-0.05, 0) is 11.1 Å². The van der Waals surface area contributed by atoms with Crippen LogP contribution in [0.15, 0.2) is 60.7 Å². The maximum atomic E-state index is 12.0. The minimum atomic E-state index is -0.00830. The quantitative estimate of drug-likeness (QED) is 0.889. The number of hydrogen-bond acceptors (Lipinski definition) is 1. The summed E-state index contributed by atoms with van der Waals surface area (Å²) in [4.78, 5) is 13.8. The zero-order valence-corrected chi connectivity index (χ0v) is 11.5. The lowest BCUT2D eigenvalue weighted by Gasteiger charge is -2.40. The van der Waals surface area contributed by atoms with Gasteiger partial charge < -0.3 is 10.2 Å². The predicted octanol–water partition coefficient (Wildman–Crippen LogP) is 3.17. The third kappa shape index (κ3) is 2.27. The molecule has 0 unspecified atom stereocenters. The topological polar surface area (TPSA) is 32.3 Å². The Morgan fingerprint density at radius 2 is 1.50 bits per heavy atom. The van der Waals surface area contributed by atoms with Crippen LogP contribution in [0.25, 0.3) is 0 Å². The van der Waals surface area contributed by atoms with Crippen molar-refractivity contribution in [3.05, 3.63) is 71.8 Å². The van der Waals surface area contributed by atoms with Crippen molar-refractivity contribution in [2.45, 2.75) is 12.0 Å². The number of carbonyl (C=O) groups is 1. The average Bonchev–Trinajstić information content (AvgIpc) is 2.51. The molecule has 0 aromatic heterocycles. The standard InChI is InChI=1S/C17H18N2O/c1-19-16(14-10-6-3-7-11-14)15(12-18-17(19)20)13-8-4-2-5-9-13/h2-11,15-16H,12H2,1H3,(H,18,20)/t15-,16-/m0/s1. The van der Waals surface area contributed by atoms with Crippen molar-refractivity contribution >= 4 is 6.03 Å². The molecule has 102 valence electrons. The smallest absolute Gasteiger partial charge is 0.317 e. The molecule has 1 aliphatic rings. The molecule has 3 rings (SSSR count). The summed E-state index contributed by atoms with van der Waals surface area (Å²) in [5, 5.41) is 2.97. The minimum Gasteiger partial charge on any atom is -0.337 e. The molecular formula is C17H18N2O. The highest BCUT2D eigenvalue weighted by molar-refractivity contribution is 5.76. The molecule has 0 spiro atoms. The zero-order valence-electron chi connectivity index (χ0n) is 11.5. The van der Waals surface area contributed by atoms with Gasteiger partial charge in [-0.2, -0.15) is 0 Å². The molecule has 2 atom stereocenters. The van der Waals surface area contributed by atoms with Crippen LogP contribution < -0.4 is 5.32 Å². The molecule has 1 aliphatic heterocycles. The van der Waals surface area contributed by atoms with Crippen LogP contribution in [0.5, 0.6) is 0 Å². The third-order valence-electron chi connectivity index (χ3n) is 3.96. The van der Waals surface area contributed by atoms with E-state index in [1.54, 1.807) is 4.90 Å². The molecule has 3 nitrogen and oxygen atoms in total. The van der Waals surface area contributed by atoms with Gasteiger partial charge in [0, 0.05) is 19.5 Å². The van der Waals surface area contributed by atoms with E-state index in [4.69, 9.17) is 0 Å². The van der Waals surface area contributed by atoms with E-state index in [1.807, 2.05) is 43.4 Å². The molecular weight excluding hydrogens is 248 g/mol. The molecule has 1 saturated heterocycles. The second-order valence-corrected chi connectivity index (χ2v) is 5.17. The lowest BCUT2D eigenvalue weighted by Crippen LogP contribution is -2.50. The van der Waals surface area contributed by atoms with Gasteiger partial charge in [0.1, 0.15) is 0 Å². The van der Waals surface area contributed by atoms with Crippen LogP contribution in [0.1, 0.15) is 23.1 Å². The van der Waals surface area contributed by atoms with Crippen LogP contribution in [0.3, 0.4) is 0 Å². The maximum Gasteiger partial charge on any atom is 0.317 e. The lowest BCUT2D eigenvalue weighted by atomic mass is 9.85. The summed E-state index contributed by atoms with van der Waals surface area (Å²) in [5.74, 6) is 0.265. The first-order valence-electron chi connectivity index (χ1n) is 6.88. The lowest BCUT2D eigenvalue weighted by molar-refractivity contribution is 0.160. The van der Waals surface area contributed by atoms with Crippen LogP contribution in [0, 0.1) is 0 Å². The van der Waals surface area contributed by atoms with Gasteiger partial charge in [0.25, 0.3) is 0 Å². The molecule has 2 aromatic rings. The summed E-state index contributed by atoms with van der Waals surface area (Å²) >= 11 is 0. The van der Waals surface area contributed by atoms with Gasteiger partial charge in [0.15, 0.2) is 0 Å². The fourth-order valence-electron chi connectivity index (χ4n) is 2.94. The van der Waals surface area contributed by atoms with Crippen molar-refractivity contribution in [3.63, 3.8) is 0 Å². The van der Waals surface area contributed by atoms with Crippen LogP contribution in [0.2, 0.25) is 0 Å². The molecule has 0 bridgehead atoms. The van der Waals surface area contributed by atoms with Crippen LogP contribution in [-0.2, 0) is 0 Å². The van der Waals surface area contributed by atoms with E-state index in [0.29, 0.717) is 6.54 Å². The Morgan fingerprint density at radius 3 is 2.10 bits per heavy atom. The number of nitrogens with zero attached hydrogens (tertiary/aromatic N) is 1. The number of urea groups is 1. The summed E-state index contributed by atoms with van der Waals surface area (Å²) in [5.41, 5.74) is 2.44. The van der Waals surface area contributed by atoms with Crippen LogP contribution >= 0.6 is 0 Å². The number of amides is 2. The van der Waals surface area contributed by atoms with Gasteiger partial charge in [-0.15, -0.1) is 0 Å². The summed E-state index contributed by atoms with van der Waals surface area (Å²) in [6, 6.07) is 20.7. The monoisotopic (exact) mass is 266 g/mol.